The number of fused-ring (bicyclic) bond motifs is 1. The third-order valence-electron chi connectivity index (χ3n) is 5.43. The SMILES string of the molecule is COC(=O)N1CC[C@]2(O)CCCC[C@@H]2[C@H]1c1ccc(OC)cc1. The summed E-state index contributed by atoms with van der Waals surface area (Å²) in [4.78, 5) is 14.0. The first kappa shape index (κ1) is 16.1. The molecule has 0 bridgehead atoms. The van der Waals surface area contributed by atoms with E-state index in [0.29, 0.717) is 13.0 Å². The van der Waals surface area contributed by atoms with Crippen LogP contribution in [-0.2, 0) is 4.74 Å². The lowest BCUT2D eigenvalue weighted by molar-refractivity contribution is -0.117. The van der Waals surface area contributed by atoms with Gasteiger partial charge in [0, 0.05) is 12.5 Å². The summed E-state index contributed by atoms with van der Waals surface area (Å²) in [6.45, 7) is 0.524. The third kappa shape index (κ3) is 2.90. The number of piperidine rings is 1. The maximum Gasteiger partial charge on any atom is 0.410 e. The maximum atomic E-state index is 12.2. The summed E-state index contributed by atoms with van der Waals surface area (Å²) in [5.41, 5.74) is 0.356. The number of carbonyl (C=O) groups excluding carboxylic acids is 1. The number of amides is 1. The number of nitrogens with zero attached hydrogens (tertiary/aromatic N) is 1. The highest BCUT2D eigenvalue weighted by Gasteiger charge is 2.50. The summed E-state index contributed by atoms with van der Waals surface area (Å²) in [5, 5.41) is 11.1. The van der Waals surface area contributed by atoms with E-state index in [1.54, 1.807) is 12.0 Å². The summed E-state index contributed by atoms with van der Waals surface area (Å²) in [6, 6.07) is 7.63. The van der Waals surface area contributed by atoms with Gasteiger partial charge in [-0.1, -0.05) is 25.0 Å². The fourth-order valence-corrected chi connectivity index (χ4v) is 4.22. The molecule has 0 radical (unpaired) electrons. The normalized spacial score (nSPS) is 30.5. The Labute approximate surface area is 137 Å². The number of methoxy groups -OCH3 is 2. The van der Waals surface area contributed by atoms with E-state index in [-0.39, 0.29) is 18.1 Å². The van der Waals surface area contributed by atoms with E-state index in [0.717, 1.165) is 37.0 Å². The highest BCUT2D eigenvalue weighted by atomic mass is 16.5. The Morgan fingerprint density at radius 2 is 1.96 bits per heavy atom. The molecular formula is C18H25NO4. The molecule has 1 saturated carbocycles. The van der Waals surface area contributed by atoms with Crippen molar-refractivity contribution in [2.75, 3.05) is 20.8 Å². The van der Waals surface area contributed by atoms with E-state index in [9.17, 15) is 9.90 Å². The molecule has 1 aromatic rings. The zero-order chi connectivity index (χ0) is 16.4. The lowest BCUT2D eigenvalue weighted by atomic mass is 9.66. The molecule has 3 rings (SSSR count). The molecular weight excluding hydrogens is 294 g/mol. The Kier molecular flexibility index (Phi) is 4.48. The number of likely N-dealkylation sites (tertiary alicyclic amines) is 1. The fraction of sp³-hybridized carbons (Fsp3) is 0.611. The van der Waals surface area contributed by atoms with Gasteiger partial charge in [-0.3, -0.25) is 0 Å². The molecule has 1 heterocycles. The van der Waals surface area contributed by atoms with Crippen LogP contribution in [0.5, 0.6) is 5.75 Å². The Hall–Kier alpha value is -1.75. The van der Waals surface area contributed by atoms with Gasteiger partial charge in [-0.2, -0.15) is 0 Å². The van der Waals surface area contributed by atoms with Gasteiger partial charge in [0.05, 0.1) is 25.9 Å². The molecule has 1 aliphatic carbocycles. The molecule has 0 spiro atoms. The first-order valence-electron chi connectivity index (χ1n) is 8.30. The van der Waals surface area contributed by atoms with E-state index in [2.05, 4.69) is 0 Å². The van der Waals surface area contributed by atoms with E-state index >= 15 is 0 Å². The van der Waals surface area contributed by atoms with Gasteiger partial charge >= 0.3 is 6.09 Å². The first-order chi connectivity index (χ1) is 11.1. The molecule has 1 aliphatic heterocycles. The molecule has 1 aromatic carbocycles. The van der Waals surface area contributed by atoms with Crippen molar-refractivity contribution >= 4 is 6.09 Å². The summed E-state index contributed by atoms with van der Waals surface area (Å²) in [6.07, 6.45) is 4.20. The van der Waals surface area contributed by atoms with Gasteiger partial charge in [0.1, 0.15) is 5.75 Å². The van der Waals surface area contributed by atoms with Crippen LogP contribution in [0.2, 0.25) is 0 Å². The van der Waals surface area contributed by atoms with Crippen LogP contribution < -0.4 is 4.74 Å². The van der Waals surface area contributed by atoms with Crippen molar-refractivity contribution in [2.45, 2.75) is 43.7 Å². The third-order valence-corrected chi connectivity index (χ3v) is 5.43. The topological polar surface area (TPSA) is 59.0 Å². The van der Waals surface area contributed by atoms with Crippen molar-refractivity contribution in [2.24, 2.45) is 5.92 Å². The van der Waals surface area contributed by atoms with Crippen molar-refractivity contribution in [3.63, 3.8) is 0 Å². The van der Waals surface area contributed by atoms with Crippen molar-refractivity contribution < 1.29 is 19.4 Å². The van der Waals surface area contributed by atoms with Gasteiger partial charge < -0.3 is 19.5 Å². The standard InChI is InChI=1S/C18H25NO4/c1-22-14-8-6-13(7-9-14)16-15-5-3-4-10-18(15,21)11-12-19(16)17(20)23-2/h6-9,15-16,21H,3-5,10-12H2,1-2H3/t15-,16-,18-/m1/s1. The maximum absolute atomic E-state index is 12.2. The van der Waals surface area contributed by atoms with Gasteiger partial charge in [0.25, 0.3) is 0 Å². The van der Waals surface area contributed by atoms with Crippen molar-refractivity contribution in [3.05, 3.63) is 29.8 Å². The molecule has 23 heavy (non-hydrogen) atoms. The average molecular weight is 319 g/mol. The Balaban J connectivity index is 1.98. The predicted molar refractivity (Wildman–Crippen MR) is 86.4 cm³/mol. The summed E-state index contributed by atoms with van der Waals surface area (Å²) in [5.74, 6) is 0.838. The molecule has 2 aliphatic rings. The molecule has 5 heteroatoms. The number of benzene rings is 1. The van der Waals surface area contributed by atoms with Crippen molar-refractivity contribution in [1.29, 1.82) is 0 Å². The second kappa shape index (κ2) is 6.40. The van der Waals surface area contributed by atoms with Crippen LogP contribution in [-0.4, -0.2) is 42.5 Å². The van der Waals surface area contributed by atoms with E-state index in [1.807, 2.05) is 24.3 Å². The van der Waals surface area contributed by atoms with Crippen LogP contribution in [0.1, 0.15) is 43.7 Å². The van der Waals surface area contributed by atoms with Gasteiger partial charge in [-0.25, -0.2) is 4.79 Å². The van der Waals surface area contributed by atoms with Crippen LogP contribution in [0.25, 0.3) is 0 Å². The van der Waals surface area contributed by atoms with Crippen LogP contribution in [0.4, 0.5) is 4.79 Å². The highest BCUT2D eigenvalue weighted by molar-refractivity contribution is 5.68. The smallest absolute Gasteiger partial charge is 0.410 e. The van der Waals surface area contributed by atoms with Gasteiger partial charge in [0.15, 0.2) is 0 Å². The lowest BCUT2D eigenvalue weighted by Gasteiger charge is -2.52. The second-order valence-corrected chi connectivity index (χ2v) is 6.59. The van der Waals surface area contributed by atoms with Crippen LogP contribution in [0, 0.1) is 5.92 Å². The predicted octanol–water partition coefficient (Wildman–Crippen LogP) is 3.13. The Morgan fingerprint density at radius 1 is 1.22 bits per heavy atom. The van der Waals surface area contributed by atoms with Gasteiger partial charge in [0.2, 0.25) is 0 Å². The van der Waals surface area contributed by atoms with E-state index in [1.165, 1.54) is 7.11 Å². The molecule has 1 saturated heterocycles. The lowest BCUT2D eigenvalue weighted by Crippen LogP contribution is -2.56. The minimum absolute atomic E-state index is 0.0532. The quantitative estimate of drug-likeness (QED) is 0.910. The van der Waals surface area contributed by atoms with E-state index < -0.39 is 5.60 Å². The number of hydrogen-bond donors (Lipinski definition) is 1. The number of aliphatic hydroxyl groups is 1. The van der Waals surface area contributed by atoms with Crippen molar-refractivity contribution in [3.8, 4) is 5.75 Å². The molecule has 3 atom stereocenters. The first-order valence-corrected chi connectivity index (χ1v) is 8.30. The van der Waals surface area contributed by atoms with Crippen LogP contribution in [0.15, 0.2) is 24.3 Å². The number of rotatable bonds is 2. The number of hydrogen-bond acceptors (Lipinski definition) is 4. The number of carbonyl (C=O) groups is 1. The molecule has 2 fully saturated rings. The van der Waals surface area contributed by atoms with E-state index in [4.69, 9.17) is 9.47 Å². The van der Waals surface area contributed by atoms with Gasteiger partial charge in [-0.05, 0) is 37.0 Å². The molecule has 1 N–H and O–H groups in total. The Bertz CT molecular complexity index is 559. The molecule has 1 amide bonds. The molecule has 5 nitrogen and oxygen atoms in total. The monoisotopic (exact) mass is 319 g/mol. The Morgan fingerprint density at radius 3 is 2.61 bits per heavy atom. The minimum Gasteiger partial charge on any atom is -0.497 e. The summed E-state index contributed by atoms with van der Waals surface area (Å²) < 4.78 is 10.2. The van der Waals surface area contributed by atoms with Gasteiger partial charge in [-0.15, -0.1) is 0 Å². The zero-order valence-corrected chi connectivity index (χ0v) is 13.8. The van der Waals surface area contributed by atoms with Crippen molar-refractivity contribution in [1.82, 2.24) is 4.90 Å². The molecule has 126 valence electrons. The zero-order valence-electron chi connectivity index (χ0n) is 13.8. The van der Waals surface area contributed by atoms with Crippen LogP contribution in [0.3, 0.4) is 0 Å². The molecule has 0 unspecified atom stereocenters. The largest absolute Gasteiger partial charge is 0.497 e. The summed E-state index contributed by atoms with van der Waals surface area (Å²) >= 11 is 0. The van der Waals surface area contributed by atoms with Crippen LogP contribution >= 0.6 is 0 Å². The highest BCUT2D eigenvalue weighted by Crippen LogP contribution is 2.49. The minimum atomic E-state index is -0.673. The fourth-order valence-electron chi connectivity index (χ4n) is 4.22. The second-order valence-electron chi connectivity index (χ2n) is 6.59. The summed E-state index contributed by atoms with van der Waals surface area (Å²) in [7, 11) is 3.05. The number of ether oxygens (including phenoxy) is 2. The average Bonchev–Trinajstić information content (AvgIpc) is 2.59. The molecule has 0 aromatic heterocycles.